The molecule has 24 heavy (non-hydrogen) atoms. The zero-order valence-corrected chi connectivity index (χ0v) is 13.6. The van der Waals surface area contributed by atoms with Gasteiger partial charge in [0.05, 0.1) is 21.6 Å². The lowest BCUT2D eigenvalue weighted by atomic mass is 10.2. The molecule has 1 aromatic heterocycles. The molecule has 2 aromatic carbocycles. The molecule has 0 spiro atoms. The summed E-state index contributed by atoms with van der Waals surface area (Å²) in [6, 6.07) is 8.98. The van der Waals surface area contributed by atoms with E-state index < -0.39 is 11.7 Å². The molecule has 0 saturated heterocycles. The lowest BCUT2D eigenvalue weighted by Gasteiger charge is -2.09. The van der Waals surface area contributed by atoms with Crippen molar-refractivity contribution in [2.45, 2.75) is 0 Å². The van der Waals surface area contributed by atoms with Gasteiger partial charge in [-0.3, -0.25) is 4.79 Å². The summed E-state index contributed by atoms with van der Waals surface area (Å²) in [6.45, 7) is -0.357. The summed E-state index contributed by atoms with van der Waals surface area (Å²) in [7, 11) is 0. The molecular weight excluding hydrogens is 356 g/mol. The molecule has 0 aliphatic carbocycles. The van der Waals surface area contributed by atoms with Crippen molar-refractivity contribution in [3.63, 3.8) is 0 Å². The van der Waals surface area contributed by atoms with E-state index in [2.05, 4.69) is 15.3 Å². The predicted octanol–water partition coefficient (Wildman–Crippen LogP) is 4.09. The summed E-state index contributed by atoms with van der Waals surface area (Å²) >= 11 is 12.0. The molecule has 8 heteroatoms. The van der Waals surface area contributed by atoms with E-state index in [4.69, 9.17) is 27.9 Å². The van der Waals surface area contributed by atoms with Gasteiger partial charge >= 0.3 is 0 Å². The van der Waals surface area contributed by atoms with Gasteiger partial charge in [-0.1, -0.05) is 35.3 Å². The Morgan fingerprint density at radius 3 is 2.79 bits per heavy atom. The van der Waals surface area contributed by atoms with Crippen LogP contribution in [0.2, 0.25) is 10.0 Å². The van der Waals surface area contributed by atoms with Gasteiger partial charge in [0, 0.05) is 5.02 Å². The van der Waals surface area contributed by atoms with Gasteiger partial charge in [0.25, 0.3) is 5.91 Å². The van der Waals surface area contributed by atoms with Crippen molar-refractivity contribution in [3.8, 4) is 5.88 Å². The number of nitrogens with one attached hydrogen (secondary N) is 1. The molecule has 3 rings (SSSR count). The highest BCUT2D eigenvalue weighted by molar-refractivity contribution is 6.38. The molecular formula is C16H10Cl2FN3O2. The first-order valence-corrected chi connectivity index (χ1v) is 7.57. The number of fused-ring (bicyclic) bond motifs is 1. The lowest BCUT2D eigenvalue weighted by molar-refractivity contribution is -0.118. The standard InChI is InChI=1S/C16H10Cl2FN3O2/c17-9-5-10-15(11(18)6-9)20-8-21-16(10)24-7-14(23)22-13-4-2-1-3-12(13)19/h1-6,8H,7H2,(H,22,23). The Balaban J connectivity index is 1.76. The normalized spacial score (nSPS) is 10.6. The average molecular weight is 366 g/mol. The van der Waals surface area contributed by atoms with Crippen LogP contribution < -0.4 is 10.1 Å². The Labute approximate surface area is 146 Å². The Bertz CT molecular complexity index is 921. The zero-order valence-electron chi connectivity index (χ0n) is 12.1. The number of ether oxygens (including phenoxy) is 1. The number of anilines is 1. The van der Waals surface area contributed by atoms with Gasteiger partial charge in [-0.2, -0.15) is 0 Å². The summed E-state index contributed by atoms with van der Waals surface area (Å²) < 4.78 is 18.9. The fraction of sp³-hybridized carbons (Fsp3) is 0.0625. The van der Waals surface area contributed by atoms with Crippen molar-refractivity contribution in [2.24, 2.45) is 0 Å². The Morgan fingerprint density at radius 2 is 2.00 bits per heavy atom. The quantitative estimate of drug-likeness (QED) is 0.755. The lowest BCUT2D eigenvalue weighted by Crippen LogP contribution is -2.21. The molecule has 0 aliphatic heterocycles. The van der Waals surface area contributed by atoms with Gasteiger partial charge < -0.3 is 10.1 Å². The number of halogens is 3. The van der Waals surface area contributed by atoms with Gasteiger partial charge in [-0.05, 0) is 24.3 Å². The number of hydrogen-bond acceptors (Lipinski definition) is 4. The molecule has 0 bridgehead atoms. The van der Waals surface area contributed by atoms with Crippen LogP contribution in [0.4, 0.5) is 10.1 Å². The van der Waals surface area contributed by atoms with Crippen LogP contribution in [0.25, 0.3) is 10.9 Å². The Morgan fingerprint density at radius 1 is 1.21 bits per heavy atom. The third-order valence-electron chi connectivity index (χ3n) is 3.11. The van der Waals surface area contributed by atoms with Gasteiger partial charge in [-0.25, -0.2) is 14.4 Å². The van der Waals surface area contributed by atoms with Crippen LogP contribution in [0.3, 0.4) is 0 Å². The van der Waals surface area contributed by atoms with E-state index in [0.29, 0.717) is 20.9 Å². The molecule has 122 valence electrons. The zero-order chi connectivity index (χ0) is 17.1. The molecule has 0 radical (unpaired) electrons. The van der Waals surface area contributed by atoms with Crippen LogP contribution in [0.1, 0.15) is 0 Å². The van der Waals surface area contributed by atoms with Gasteiger partial charge in [0.1, 0.15) is 12.1 Å². The molecule has 1 N–H and O–H groups in total. The van der Waals surface area contributed by atoms with Crippen molar-refractivity contribution in [2.75, 3.05) is 11.9 Å². The van der Waals surface area contributed by atoms with E-state index in [-0.39, 0.29) is 18.2 Å². The second kappa shape index (κ2) is 6.98. The first-order chi connectivity index (χ1) is 11.5. The van der Waals surface area contributed by atoms with Crippen molar-refractivity contribution in [1.29, 1.82) is 0 Å². The second-order valence-corrected chi connectivity index (χ2v) is 5.62. The maximum absolute atomic E-state index is 13.5. The fourth-order valence-electron chi connectivity index (χ4n) is 2.07. The molecule has 0 atom stereocenters. The van der Waals surface area contributed by atoms with Gasteiger partial charge in [0.2, 0.25) is 5.88 Å². The maximum Gasteiger partial charge on any atom is 0.262 e. The van der Waals surface area contributed by atoms with Crippen LogP contribution in [-0.2, 0) is 4.79 Å². The fourth-order valence-corrected chi connectivity index (χ4v) is 2.61. The third kappa shape index (κ3) is 3.55. The van der Waals surface area contributed by atoms with E-state index in [1.165, 1.54) is 24.5 Å². The predicted molar refractivity (Wildman–Crippen MR) is 90.1 cm³/mol. The first kappa shape index (κ1) is 16.4. The number of benzene rings is 2. The Hall–Kier alpha value is -2.44. The molecule has 1 amide bonds. The second-order valence-electron chi connectivity index (χ2n) is 4.78. The van der Waals surface area contributed by atoms with E-state index in [9.17, 15) is 9.18 Å². The number of carbonyl (C=O) groups is 1. The molecule has 0 unspecified atom stereocenters. The SMILES string of the molecule is O=C(COc1ncnc2c(Cl)cc(Cl)cc12)Nc1ccccc1F. The molecule has 5 nitrogen and oxygen atoms in total. The number of carbonyl (C=O) groups excluding carboxylic acids is 1. The highest BCUT2D eigenvalue weighted by atomic mass is 35.5. The smallest absolute Gasteiger partial charge is 0.262 e. The van der Waals surface area contributed by atoms with Gasteiger partial charge in [0.15, 0.2) is 6.61 Å². The summed E-state index contributed by atoms with van der Waals surface area (Å²) in [5, 5.41) is 3.64. The summed E-state index contributed by atoms with van der Waals surface area (Å²) in [6.07, 6.45) is 1.27. The van der Waals surface area contributed by atoms with E-state index in [0.717, 1.165) is 0 Å². The van der Waals surface area contributed by atoms with Crippen LogP contribution in [0, 0.1) is 5.82 Å². The minimum Gasteiger partial charge on any atom is -0.467 e. The summed E-state index contributed by atoms with van der Waals surface area (Å²) in [4.78, 5) is 19.9. The molecule has 0 aliphatic rings. The van der Waals surface area contributed by atoms with Crippen LogP contribution in [-0.4, -0.2) is 22.5 Å². The monoisotopic (exact) mass is 365 g/mol. The molecule has 1 heterocycles. The van der Waals surface area contributed by atoms with Crippen molar-refractivity contribution in [1.82, 2.24) is 9.97 Å². The number of para-hydroxylation sites is 1. The molecule has 0 saturated carbocycles. The number of rotatable bonds is 4. The number of aromatic nitrogens is 2. The maximum atomic E-state index is 13.5. The number of hydrogen-bond donors (Lipinski definition) is 1. The minimum absolute atomic E-state index is 0.0738. The number of nitrogens with zero attached hydrogens (tertiary/aromatic N) is 2. The third-order valence-corrected chi connectivity index (χ3v) is 3.61. The minimum atomic E-state index is -0.531. The largest absolute Gasteiger partial charge is 0.467 e. The topological polar surface area (TPSA) is 64.1 Å². The van der Waals surface area contributed by atoms with E-state index in [1.54, 1.807) is 18.2 Å². The van der Waals surface area contributed by atoms with Crippen molar-refractivity contribution in [3.05, 3.63) is 58.6 Å². The molecule has 0 fully saturated rings. The highest BCUT2D eigenvalue weighted by Crippen LogP contribution is 2.30. The van der Waals surface area contributed by atoms with E-state index in [1.807, 2.05) is 0 Å². The first-order valence-electron chi connectivity index (χ1n) is 6.81. The summed E-state index contributed by atoms with van der Waals surface area (Å²) in [5.41, 5.74) is 0.533. The van der Waals surface area contributed by atoms with Crippen LogP contribution in [0.15, 0.2) is 42.7 Å². The van der Waals surface area contributed by atoms with Gasteiger partial charge in [-0.15, -0.1) is 0 Å². The van der Waals surface area contributed by atoms with Crippen LogP contribution >= 0.6 is 23.2 Å². The Kier molecular flexibility index (Phi) is 4.78. The average Bonchev–Trinajstić information content (AvgIpc) is 2.55. The van der Waals surface area contributed by atoms with Crippen molar-refractivity contribution < 1.29 is 13.9 Å². The van der Waals surface area contributed by atoms with E-state index >= 15 is 0 Å². The summed E-state index contributed by atoms with van der Waals surface area (Å²) in [5.74, 6) is -0.898. The van der Waals surface area contributed by atoms with Crippen LogP contribution in [0.5, 0.6) is 5.88 Å². The highest BCUT2D eigenvalue weighted by Gasteiger charge is 2.12. The molecule has 3 aromatic rings. The van der Waals surface area contributed by atoms with Crippen molar-refractivity contribution >= 4 is 45.7 Å². The number of amides is 1.